The van der Waals surface area contributed by atoms with E-state index in [1.54, 1.807) is 19.1 Å². The number of pyridine rings is 1. The molecule has 1 heterocycles. The van der Waals surface area contributed by atoms with Gasteiger partial charge in [0.1, 0.15) is 11.6 Å². The molecule has 0 radical (unpaired) electrons. The molecule has 1 saturated carbocycles. The van der Waals surface area contributed by atoms with Crippen LogP contribution in [0.1, 0.15) is 70.8 Å². The maximum Gasteiger partial charge on any atom is 0.271 e. The Morgan fingerprint density at radius 2 is 1.77 bits per heavy atom. The number of hydrogen-bond donors (Lipinski definition) is 1. The second-order valence-electron chi connectivity index (χ2n) is 6.97. The lowest BCUT2D eigenvalue weighted by Gasteiger charge is -2.26. The van der Waals surface area contributed by atoms with Gasteiger partial charge in [-0.25, -0.2) is 0 Å². The number of nitrogens with zero attached hydrogens (tertiary/aromatic N) is 2. The molecular weight excluding hydrogens is 328 g/mol. The van der Waals surface area contributed by atoms with Crippen molar-refractivity contribution in [3.05, 3.63) is 62.4 Å². The minimum Gasteiger partial charge on any atom is -0.494 e. The van der Waals surface area contributed by atoms with Crippen LogP contribution in [-0.4, -0.2) is 15.5 Å². The van der Waals surface area contributed by atoms with E-state index >= 15 is 0 Å². The van der Waals surface area contributed by atoms with Crippen molar-refractivity contribution in [2.75, 3.05) is 0 Å². The zero-order valence-corrected chi connectivity index (χ0v) is 15.1. The molecule has 0 spiro atoms. The van der Waals surface area contributed by atoms with Crippen LogP contribution >= 0.6 is 0 Å². The summed E-state index contributed by atoms with van der Waals surface area (Å²) in [5.74, 6) is -0.690. The molecule has 1 fully saturated rings. The van der Waals surface area contributed by atoms with Gasteiger partial charge in [0, 0.05) is 11.6 Å². The summed E-state index contributed by atoms with van der Waals surface area (Å²) in [4.78, 5) is 25.8. The van der Waals surface area contributed by atoms with Gasteiger partial charge < -0.3 is 5.11 Å². The van der Waals surface area contributed by atoms with Crippen LogP contribution in [0.4, 0.5) is 0 Å². The van der Waals surface area contributed by atoms with Crippen LogP contribution < -0.4 is 5.56 Å². The third-order valence-electron chi connectivity index (χ3n) is 5.23. The number of aromatic nitrogens is 1. The number of hydrogen-bond acceptors (Lipinski definition) is 4. The summed E-state index contributed by atoms with van der Waals surface area (Å²) in [6, 6.07) is 8.79. The minimum absolute atomic E-state index is 0.0515. The quantitative estimate of drug-likeness (QED) is 0.854. The third-order valence-corrected chi connectivity index (χ3v) is 5.23. The average molecular weight is 350 g/mol. The molecule has 1 N–H and O–H groups in total. The molecule has 1 aliphatic carbocycles. The topological polar surface area (TPSA) is 83.1 Å². The molecule has 0 saturated heterocycles. The first-order chi connectivity index (χ1) is 12.5. The first-order valence-electron chi connectivity index (χ1n) is 8.95. The largest absolute Gasteiger partial charge is 0.494 e. The van der Waals surface area contributed by atoms with Crippen molar-refractivity contribution >= 4 is 5.78 Å². The molecule has 0 bridgehead atoms. The molecule has 5 heteroatoms. The Kier molecular flexibility index (Phi) is 4.94. The van der Waals surface area contributed by atoms with E-state index in [-0.39, 0.29) is 34.4 Å². The maximum atomic E-state index is 13.0. The summed E-state index contributed by atoms with van der Waals surface area (Å²) in [6.07, 6.45) is 4.55. The van der Waals surface area contributed by atoms with Crippen molar-refractivity contribution in [2.45, 2.75) is 52.0 Å². The Balaban J connectivity index is 2.21. The van der Waals surface area contributed by atoms with Crippen molar-refractivity contribution in [2.24, 2.45) is 0 Å². The normalized spacial score (nSPS) is 14.8. The van der Waals surface area contributed by atoms with Crippen LogP contribution in [0.5, 0.6) is 5.88 Å². The second-order valence-corrected chi connectivity index (χ2v) is 6.97. The molecular formula is C21H22N2O3. The lowest BCUT2D eigenvalue weighted by molar-refractivity contribution is 0.103. The van der Waals surface area contributed by atoms with Crippen molar-refractivity contribution in [3.63, 3.8) is 0 Å². The van der Waals surface area contributed by atoms with Gasteiger partial charge in [-0.1, -0.05) is 49.1 Å². The summed E-state index contributed by atoms with van der Waals surface area (Å²) in [6.45, 7) is 3.47. The van der Waals surface area contributed by atoms with Gasteiger partial charge in [0.2, 0.25) is 5.88 Å². The fourth-order valence-corrected chi connectivity index (χ4v) is 3.72. The van der Waals surface area contributed by atoms with Crippen LogP contribution in [-0.2, 0) is 0 Å². The monoisotopic (exact) mass is 350 g/mol. The standard InChI is InChI=1S/C21H22N2O3/c1-13-8-10-15(11-9-13)19(24)18-14(2)17(12-22)20(25)23(21(18)26)16-6-4-3-5-7-16/h8-11,16,26H,3-7H2,1-2H3. The smallest absolute Gasteiger partial charge is 0.271 e. The molecule has 0 atom stereocenters. The van der Waals surface area contributed by atoms with E-state index < -0.39 is 5.56 Å². The molecule has 1 aromatic heterocycles. The van der Waals surface area contributed by atoms with Crippen molar-refractivity contribution < 1.29 is 9.90 Å². The molecule has 26 heavy (non-hydrogen) atoms. The first kappa shape index (κ1) is 17.9. The van der Waals surface area contributed by atoms with E-state index in [1.165, 1.54) is 4.57 Å². The molecule has 3 rings (SSSR count). The van der Waals surface area contributed by atoms with E-state index in [2.05, 4.69) is 0 Å². The Labute approximate surface area is 152 Å². The molecule has 0 amide bonds. The van der Waals surface area contributed by atoms with Gasteiger partial charge in [0.15, 0.2) is 5.78 Å². The molecule has 0 aliphatic heterocycles. The van der Waals surface area contributed by atoms with Crippen LogP contribution in [0, 0.1) is 25.2 Å². The number of benzene rings is 1. The lowest BCUT2D eigenvalue weighted by atomic mass is 9.92. The second kappa shape index (κ2) is 7.17. The van der Waals surface area contributed by atoms with Gasteiger partial charge in [-0.15, -0.1) is 0 Å². The van der Waals surface area contributed by atoms with Crippen LogP contribution in [0.15, 0.2) is 29.1 Å². The predicted octanol–water partition coefficient (Wildman–Crippen LogP) is 3.78. The van der Waals surface area contributed by atoms with Crippen molar-refractivity contribution in [1.29, 1.82) is 5.26 Å². The van der Waals surface area contributed by atoms with E-state index in [1.807, 2.05) is 25.1 Å². The highest BCUT2D eigenvalue weighted by Gasteiger charge is 2.28. The van der Waals surface area contributed by atoms with E-state index in [9.17, 15) is 20.0 Å². The van der Waals surface area contributed by atoms with Crippen LogP contribution in [0.2, 0.25) is 0 Å². The van der Waals surface area contributed by atoms with Gasteiger partial charge in [-0.2, -0.15) is 5.26 Å². The molecule has 0 unspecified atom stereocenters. The SMILES string of the molecule is Cc1ccc(C(=O)c2c(C)c(C#N)c(=O)n(C3CCCCC3)c2O)cc1. The molecule has 1 aliphatic rings. The van der Waals surface area contributed by atoms with E-state index in [0.717, 1.165) is 37.7 Å². The van der Waals surface area contributed by atoms with Crippen LogP contribution in [0.3, 0.4) is 0 Å². The number of rotatable bonds is 3. The van der Waals surface area contributed by atoms with Crippen LogP contribution in [0.25, 0.3) is 0 Å². The Hall–Kier alpha value is -2.87. The number of carbonyl (C=O) groups excluding carboxylic acids is 1. The van der Waals surface area contributed by atoms with Crippen molar-refractivity contribution in [3.8, 4) is 11.9 Å². The van der Waals surface area contributed by atoms with Gasteiger partial charge in [0.25, 0.3) is 5.56 Å². The van der Waals surface area contributed by atoms with Gasteiger partial charge in [0.05, 0.1) is 5.56 Å². The third kappa shape index (κ3) is 3.03. The van der Waals surface area contributed by atoms with E-state index in [4.69, 9.17) is 0 Å². The molecule has 134 valence electrons. The fraction of sp³-hybridized carbons (Fsp3) is 0.381. The zero-order valence-electron chi connectivity index (χ0n) is 15.1. The summed E-state index contributed by atoms with van der Waals surface area (Å²) in [5, 5.41) is 20.3. The predicted molar refractivity (Wildman–Crippen MR) is 98.6 cm³/mol. The van der Waals surface area contributed by atoms with Gasteiger partial charge in [-0.05, 0) is 32.3 Å². The number of aromatic hydroxyl groups is 1. The highest BCUT2D eigenvalue weighted by atomic mass is 16.3. The molecule has 1 aromatic carbocycles. The van der Waals surface area contributed by atoms with Gasteiger partial charge in [-0.3, -0.25) is 14.2 Å². The molecule has 5 nitrogen and oxygen atoms in total. The zero-order chi connectivity index (χ0) is 18.8. The molecule has 2 aromatic rings. The number of aryl methyl sites for hydroxylation is 1. The maximum absolute atomic E-state index is 13.0. The summed E-state index contributed by atoms with van der Waals surface area (Å²) in [7, 11) is 0. The number of carbonyl (C=O) groups is 1. The lowest BCUT2D eigenvalue weighted by Crippen LogP contribution is -2.31. The summed E-state index contributed by atoms with van der Waals surface area (Å²) < 4.78 is 1.27. The summed E-state index contributed by atoms with van der Waals surface area (Å²) >= 11 is 0. The van der Waals surface area contributed by atoms with Crippen molar-refractivity contribution in [1.82, 2.24) is 4.57 Å². The highest BCUT2D eigenvalue weighted by molar-refractivity contribution is 6.11. The number of nitriles is 1. The fourth-order valence-electron chi connectivity index (χ4n) is 3.72. The minimum atomic E-state index is -0.505. The summed E-state index contributed by atoms with van der Waals surface area (Å²) in [5.41, 5.74) is 1.17. The van der Waals surface area contributed by atoms with E-state index in [0.29, 0.717) is 5.56 Å². The van der Waals surface area contributed by atoms with Gasteiger partial charge >= 0.3 is 0 Å². The number of ketones is 1. The Bertz CT molecular complexity index is 943. The first-order valence-corrected chi connectivity index (χ1v) is 8.95. The highest BCUT2D eigenvalue weighted by Crippen LogP contribution is 2.33. The Morgan fingerprint density at radius 3 is 2.35 bits per heavy atom. The Morgan fingerprint density at radius 1 is 1.15 bits per heavy atom. The average Bonchev–Trinajstić information content (AvgIpc) is 2.63.